The Labute approximate surface area is 153 Å². The zero-order valence-corrected chi connectivity index (χ0v) is 14.9. The number of aromatic nitrogens is 1. The Morgan fingerprint density at radius 3 is 2.62 bits per heavy atom. The monoisotopic (exact) mass is 353 g/mol. The summed E-state index contributed by atoms with van der Waals surface area (Å²) < 4.78 is 12.3. The first-order valence-corrected chi connectivity index (χ1v) is 9.20. The largest absolute Gasteiger partial charge is 0.478 e. The van der Waals surface area contributed by atoms with E-state index in [1.165, 1.54) is 6.42 Å². The van der Waals surface area contributed by atoms with Gasteiger partial charge in [-0.3, -0.25) is 4.98 Å². The van der Waals surface area contributed by atoms with Crippen LogP contribution in [0.3, 0.4) is 0 Å². The van der Waals surface area contributed by atoms with Crippen molar-refractivity contribution in [3.8, 4) is 11.3 Å². The fourth-order valence-corrected chi connectivity index (χ4v) is 4.05. The molecule has 2 fully saturated rings. The first-order valence-electron chi connectivity index (χ1n) is 9.20. The number of carboxylic acids is 1. The van der Waals surface area contributed by atoms with Gasteiger partial charge in [0.25, 0.3) is 0 Å². The van der Waals surface area contributed by atoms with Crippen LogP contribution in [0.2, 0.25) is 0 Å². The topological polar surface area (TPSA) is 68.7 Å². The molecule has 4 rings (SSSR count). The van der Waals surface area contributed by atoms with Crippen molar-refractivity contribution in [3.63, 3.8) is 0 Å². The Morgan fingerprint density at radius 1 is 1.19 bits per heavy atom. The second kappa shape index (κ2) is 6.82. The molecule has 1 saturated heterocycles. The molecule has 26 heavy (non-hydrogen) atoms. The molecular weight excluding hydrogens is 330 g/mol. The van der Waals surface area contributed by atoms with E-state index in [9.17, 15) is 9.90 Å². The van der Waals surface area contributed by atoms with Gasteiger partial charge in [0.2, 0.25) is 0 Å². The number of aryl methyl sites for hydroxylation is 1. The lowest BCUT2D eigenvalue weighted by Crippen LogP contribution is -2.32. The number of hydrogen-bond acceptors (Lipinski definition) is 4. The quantitative estimate of drug-likeness (QED) is 0.879. The van der Waals surface area contributed by atoms with E-state index in [1.54, 1.807) is 6.92 Å². The minimum atomic E-state index is -0.974. The van der Waals surface area contributed by atoms with E-state index in [1.807, 2.05) is 36.4 Å². The molecule has 0 bridgehead atoms. The Bertz CT molecular complexity index is 812. The molecule has 1 aromatic heterocycles. The van der Waals surface area contributed by atoms with Crippen molar-refractivity contribution >= 4 is 5.97 Å². The van der Waals surface area contributed by atoms with E-state index in [0.29, 0.717) is 17.9 Å². The van der Waals surface area contributed by atoms with Crippen molar-refractivity contribution < 1.29 is 19.4 Å². The Kier molecular flexibility index (Phi) is 4.51. The Hall–Kier alpha value is -2.24. The highest BCUT2D eigenvalue weighted by Crippen LogP contribution is 2.43. The van der Waals surface area contributed by atoms with Crippen molar-refractivity contribution in [2.24, 2.45) is 0 Å². The van der Waals surface area contributed by atoms with Crippen molar-refractivity contribution in [1.29, 1.82) is 0 Å². The molecular formula is C21H23NO4. The number of hydrogen-bond donors (Lipinski definition) is 1. The lowest BCUT2D eigenvalue weighted by atomic mass is 9.94. The van der Waals surface area contributed by atoms with Crippen LogP contribution in [0.1, 0.15) is 59.8 Å². The zero-order chi connectivity index (χ0) is 18.1. The van der Waals surface area contributed by atoms with Gasteiger partial charge in [0.05, 0.1) is 23.6 Å². The average Bonchev–Trinajstić information content (AvgIpc) is 3.05. The number of carbonyl (C=O) groups is 1. The second-order valence-electron chi connectivity index (χ2n) is 7.12. The third-order valence-electron chi connectivity index (χ3n) is 5.33. The highest BCUT2D eigenvalue weighted by Gasteiger charge is 2.44. The van der Waals surface area contributed by atoms with Gasteiger partial charge in [-0.2, -0.15) is 0 Å². The standard InChI is InChI=1S/C21H23NO4/c1-14-19(20(23)24)16(12-17(22-14)15-8-4-2-5-9-15)18-13-25-21(26-18)10-6-3-7-11-21/h2,4-5,8-9,12,18H,3,6-7,10-11,13H2,1H3,(H,23,24). The van der Waals surface area contributed by atoms with E-state index in [4.69, 9.17) is 9.47 Å². The molecule has 1 N–H and O–H groups in total. The van der Waals surface area contributed by atoms with Crippen LogP contribution < -0.4 is 0 Å². The third kappa shape index (κ3) is 3.13. The van der Waals surface area contributed by atoms with Crippen LogP contribution in [0.25, 0.3) is 11.3 Å². The molecule has 1 aromatic carbocycles. The van der Waals surface area contributed by atoms with Gasteiger partial charge in [-0.1, -0.05) is 36.8 Å². The lowest BCUT2D eigenvalue weighted by Gasteiger charge is -2.31. The molecule has 2 aliphatic rings. The normalized spacial score (nSPS) is 21.8. The van der Waals surface area contributed by atoms with Crippen LogP contribution in [-0.4, -0.2) is 28.5 Å². The summed E-state index contributed by atoms with van der Waals surface area (Å²) in [6.07, 6.45) is 4.75. The van der Waals surface area contributed by atoms with Crippen LogP contribution in [0.5, 0.6) is 0 Å². The number of pyridine rings is 1. The van der Waals surface area contributed by atoms with Gasteiger partial charge >= 0.3 is 5.97 Å². The summed E-state index contributed by atoms with van der Waals surface area (Å²) >= 11 is 0. The summed E-state index contributed by atoms with van der Waals surface area (Å²) in [6.45, 7) is 2.13. The van der Waals surface area contributed by atoms with E-state index < -0.39 is 11.8 Å². The lowest BCUT2D eigenvalue weighted by molar-refractivity contribution is -0.187. The summed E-state index contributed by atoms with van der Waals surface area (Å²) in [5.74, 6) is -1.51. The number of benzene rings is 1. The highest BCUT2D eigenvalue weighted by molar-refractivity contribution is 5.91. The van der Waals surface area contributed by atoms with Crippen LogP contribution in [0, 0.1) is 6.92 Å². The number of carboxylic acid groups (broad SMARTS) is 1. The molecule has 0 amide bonds. The van der Waals surface area contributed by atoms with Crippen LogP contribution in [-0.2, 0) is 9.47 Å². The molecule has 136 valence electrons. The molecule has 2 heterocycles. The Balaban J connectivity index is 1.74. The zero-order valence-electron chi connectivity index (χ0n) is 14.9. The number of rotatable bonds is 3. The first-order chi connectivity index (χ1) is 12.6. The molecule has 5 nitrogen and oxygen atoms in total. The van der Waals surface area contributed by atoms with Gasteiger partial charge in [-0.25, -0.2) is 4.79 Å². The molecule has 5 heteroatoms. The van der Waals surface area contributed by atoms with Crippen LogP contribution in [0.15, 0.2) is 36.4 Å². The summed E-state index contributed by atoms with van der Waals surface area (Å²) in [5, 5.41) is 9.73. The number of aromatic carboxylic acids is 1. The molecule has 1 atom stereocenters. The maximum Gasteiger partial charge on any atom is 0.337 e. The average molecular weight is 353 g/mol. The third-order valence-corrected chi connectivity index (χ3v) is 5.33. The Morgan fingerprint density at radius 2 is 1.92 bits per heavy atom. The van der Waals surface area contributed by atoms with Crippen molar-refractivity contribution in [1.82, 2.24) is 4.98 Å². The van der Waals surface area contributed by atoms with Gasteiger partial charge in [0.1, 0.15) is 6.10 Å². The predicted molar refractivity (Wildman–Crippen MR) is 97.0 cm³/mol. The number of nitrogens with zero attached hydrogens (tertiary/aromatic N) is 1. The molecule has 2 aromatic rings. The van der Waals surface area contributed by atoms with Gasteiger partial charge in [0.15, 0.2) is 5.79 Å². The highest BCUT2D eigenvalue weighted by atomic mass is 16.7. The van der Waals surface area contributed by atoms with Crippen molar-refractivity contribution in [2.75, 3.05) is 6.61 Å². The van der Waals surface area contributed by atoms with E-state index in [2.05, 4.69) is 4.98 Å². The fraction of sp³-hybridized carbons (Fsp3) is 0.429. The predicted octanol–water partition coefficient (Wildman–Crippen LogP) is 4.50. The molecule has 0 radical (unpaired) electrons. The van der Waals surface area contributed by atoms with Gasteiger partial charge in [-0.05, 0) is 25.8 Å². The molecule has 1 aliphatic carbocycles. The summed E-state index contributed by atoms with van der Waals surface area (Å²) in [5.41, 5.74) is 3.11. The maximum absolute atomic E-state index is 11.9. The number of ether oxygens (including phenoxy) is 2. The van der Waals surface area contributed by atoms with E-state index in [0.717, 1.165) is 36.9 Å². The fourth-order valence-electron chi connectivity index (χ4n) is 4.05. The molecule has 1 saturated carbocycles. The van der Waals surface area contributed by atoms with E-state index >= 15 is 0 Å². The minimum absolute atomic E-state index is 0.228. The summed E-state index contributed by atoms with van der Waals surface area (Å²) in [6, 6.07) is 11.6. The maximum atomic E-state index is 11.9. The summed E-state index contributed by atoms with van der Waals surface area (Å²) in [7, 11) is 0. The second-order valence-corrected chi connectivity index (χ2v) is 7.12. The molecule has 1 aliphatic heterocycles. The summed E-state index contributed by atoms with van der Waals surface area (Å²) in [4.78, 5) is 16.4. The van der Waals surface area contributed by atoms with Crippen molar-refractivity contribution in [2.45, 2.75) is 50.9 Å². The SMILES string of the molecule is Cc1nc(-c2ccccc2)cc(C2COC3(CCCCC3)O2)c1C(=O)O. The van der Waals surface area contributed by atoms with E-state index in [-0.39, 0.29) is 11.7 Å². The van der Waals surface area contributed by atoms with Gasteiger partial charge in [0, 0.05) is 24.0 Å². The van der Waals surface area contributed by atoms with Gasteiger partial charge < -0.3 is 14.6 Å². The van der Waals surface area contributed by atoms with Crippen LogP contribution >= 0.6 is 0 Å². The van der Waals surface area contributed by atoms with Crippen molar-refractivity contribution in [3.05, 3.63) is 53.2 Å². The molecule has 1 unspecified atom stereocenters. The smallest absolute Gasteiger partial charge is 0.337 e. The van der Waals surface area contributed by atoms with Crippen LogP contribution in [0.4, 0.5) is 0 Å². The molecule has 1 spiro atoms. The minimum Gasteiger partial charge on any atom is -0.478 e. The van der Waals surface area contributed by atoms with Gasteiger partial charge in [-0.15, -0.1) is 0 Å². The first kappa shape index (κ1) is 17.2.